The molecular weight excluding hydrogens is 252 g/mol. The van der Waals surface area contributed by atoms with E-state index in [1.54, 1.807) is 6.92 Å². The third-order valence-corrected chi connectivity index (χ3v) is 10.7. The quantitative estimate of drug-likeness (QED) is 0.543. The van der Waals surface area contributed by atoms with Crippen molar-refractivity contribution in [2.24, 2.45) is 14.9 Å². The van der Waals surface area contributed by atoms with E-state index in [0.717, 1.165) is 6.21 Å². The number of nitrogens with one attached hydrogen (secondary N) is 1. The zero-order valence-corrected chi connectivity index (χ0v) is 13.3. The van der Waals surface area contributed by atoms with Crippen LogP contribution in [0.5, 0.6) is 0 Å². The molecule has 0 spiro atoms. The summed E-state index contributed by atoms with van der Waals surface area (Å²) in [4.78, 5) is 0. The van der Waals surface area contributed by atoms with Crippen molar-refractivity contribution < 1.29 is 4.21 Å². The second-order valence-corrected chi connectivity index (χ2v) is 12.6. The number of rotatable bonds is 3. The Kier molecular flexibility index (Phi) is 4.72. The van der Waals surface area contributed by atoms with Gasteiger partial charge in [0.25, 0.3) is 0 Å². The molecule has 0 amide bonds. The van der Waals surface area contributed by atoms with Gasteiger partial charge in [0.1, 0.15) is 14.9 Å². The van der Waals surface area contributed by atoms with Gasteiger partial charge in [0.05, 0.1) is 0 Å². The summed E-state index contributed by atoms with van der Waals surface area (Å²) in [6, 6.07) is 0. The zero-order chi connectivity index (χ0) is 14.1. The van der Waals surface area contributed by atoms with Crippen LogP contribution in [0.15, 0.2) is 14.6 Å². The molecule has 0 bridgehead atoms. The molecule has 0 heterocycles. The number of allylic oxidation sites excluding steroid dienone is 1. The Morgan fingerprint density at radius 2 is 1.82 bits per heavy atom. The lowest BCUT2D eigenvalue weighted by Gasteiger charge is -2.32. The molecule has 1 atom stereocenters. The van der Waals surface area contributed by atoms with Crippen LogP contribution in [0.4, 0.5) is 0 Å². The molecule has 7 heteroatoms. The van der Waals surface area contributed by atoms with Gasteiger partial charge in [-0.2, -0.15) is 0 Å². The van der Waals surface area contributed by atoms with Crippen molar-refractivity contribution in [3.8, 4) is 0 Å². The molecule has 0 aromatic carbocycles. The normalized spacial score (nSPS) is 18.1. The minimum Gasteiger partial charge on any atom is -0.389 e. The highest BCUT2D eigenvalue weighted by atomic mass is 32.2. The highest BCUT2D eigenvalue weighted by molar-refractivity contribution is 7.96. The van der Waals surface area contributed by atoms with Gasteiger partial charge in [-0.25, -0.2) is 9.35 Å². The summed E-state index contributed by atoms with van der Waals surface area (Å²) >= 11 is 0. The van der Waals surface area contributed by atoms with Crippen LogP contribution in [0.2, 0.25) is 18.1 Å². The van der Waals surface area contributed by atoms with Crippen LogP contribution in [-0.2, 0) is 9.92 Å². The van der Waals surface area contributed by atoms with Crippen LogP contribution in [0.25, 0.3) is 0 Å². The van der Waals surface area contributed by atoms with E-state index in [2.05, 4.69) is 24.8 Å². The van der Waals surface area contributed by atoms with Crippen LogP contribution >= 0.6 is 0 Å². The molecule has 1 unspecified atom stereocenters. The number of nitrogens with two attached hydrogens (primary N) is 2. The van der Waals surface area contributed by atoms with Gasteiger partial charge in [0.2, 0.25) is 0 Å². The maximum atomic E-state index is 12.3. The van der Waals surface area contributed by atoms with E-state index in [-0.39, 0.29) is 10.1 Å². The van der Waals surface area contributed by atoms with E-state index >= 15 is 0 Å². The molecule has 0 aliphatic carbocycles. The Hall–Kier alpha value is -0.663. The molecule has 0 rings (SSSR count). The first kappa shape index (κ1) is 16.3. The van der Waals surface area contributed by atoms with Crippen molar-refractivity contribution >= 4 is 24.4 Å². The fraction of sp³-hybridized carbons (Fsp3) is 0.700. The molecule has 5 nitrogen and oxygen atoms in total. The molecule has 0 saturated heterocycles. The van der Waals surface area contributed by atoms with Gasteiger partial charge < -0.3 is 11.1 Å². The van der Waals surface area contributed by atoms with Crippen molar-refractivity contribution in [3.63, 3.8) is 0 Å². The lowest BCUT2D eigenvalue weighted by Crippen LogP contribution is -2.38. The summed E-state index contributed by atoms with van der Waals surface area (Å²) in [5.41, 5.74) is 6.12. The highest BCUT2D eigenvalue weighted by Gasteiger charge is 2.37. The summed E-state index contributed by atoms with van der Waals surface area (Å²) in [6.45, 7) is 11.8. The summed E-state index contributed by atoms with van der Waals surface area (Å²) in [5.74, 6) is 0. The Labute approximate surface area is 106 Å². The van der Waals surface area contributed by atoms with Crippen molar-refractivity contribution in [1.82, 2.24) is 0 Å². The van der Waals surface area contributed by atoms with E-state index in [4.69, 9.17) is 16.3 Å². The Bertz CT molecular complexity index is 453. The predicted octanol–water partition coefficient (Wildman–Crippen LogP) is 2.17. The molecule has 0 aromatic rings. The Balaban J connectivity index is 5.81. The topological polar surface area (TPSA) is 105 Å². The van der Waals surface area contributed by atoms with Crippen molar-refractivity contribution in [3.05, 3.63) is 10.6 Å². The molecule has 100 valence electrons. The minimum atomic E-state index is -3.07. The molecule has 0 saturated carbocycles. The third-order valence-electron chi connectivity index (χ3n) is 3.12. The molecule has 5 N–H and O–H groups in total. The van der Waals surface area contributed by atoms with Gasteiger partial charge in [-0.15, -0.1) is 0 Å². The monoisotopic (exact) mass is 276 g/mol. The largest absolute Gasteiger partial charge is 0.389 e. The molecule has 0 aliphatic heterocycles. The Morgan fingerprint density at radius 3 is 2.12 bits per heavy atom. The second-order valence-electron chi connectivity index (χ2n) is 5.66. The lowest BCUT2D eigenvalue weighted by molar-refractivity contribution is 0.679. The predicted molar refractivity (Wildman–Crippen MR) is 77.6 cm³/mol. The van der Waals surface area contributed by atoms with Crippen molar-refractivity contribution in [2.75, 3.05) is 0 Å². The molecular formula is C10H24N4OSSi. The van der Waals surface area contributed by atoms with Gasteiger partial charge >= 0.3 is 0 Å². The van der Waals surface area contributed by atoms with Gasteiger partial charge in [-0.05, 0) is 25.1 Å². The number of nitrogens with zero attached hydrogens (tertiary/aromatic N) is 1. The molecule has 0 radical (unpaired) electrons. The van der Waals surface area contributed by atoms with E-state index in [9.17, 15) is 4.21 Å². The van der Waals surface area contributed by atoms with Crippen LogP contribution < -0.4 is 10.9 Å². The third kappa shape index (κ3) is 3.93. The fourth-order valence-corrected chi connectivity index (χ4v) is 5.55. The summed E-state index contributed by atoms with van der Waals surface area (Å²) in [7, 11) is -5.20. The second kappa shape index (κ2) is 4.91. The van der Waals surface area contributed by atoms with Gasteiger partial charge in [-0.1, -0.05) is 20.8 Å². The molecule has 0 fully saturated rings. The first-order valence-electron chi connectivity index (χ1n) is 5.38. The van der Waals surface area contributed by atoms with Crippen molar-refractivity contribution in [2.45, 2.75) is 45.8 Å². The molecule has 0 aromatic heterocycles. The standard InChI is InChI=1S/C10H24N4OSSi/c1-8(7-11)9(12)16(13,15)14-17(5,6)10(2,3)4/h7,11H,12H2,1-6H3,(H2,13,14,15). The molecule has 17 heavy (non-hydrogen) atoms. The van der Waals surface area contributed by atoms with Gasteiger partial charge in [0, 0.05) is 11.8 Å². The summed E-state index contributed by atoms with van der Waals surface area (Å²) < 4.78 is 16.6. The summed E-state index contributed by atoms with van der Waals surface area (Å²) in [6.07, 6.45) is 1.04. The number of hydrogen-bond donors (Lipinski definition) is 3. The van der Waals surface area contributed by atoms with Gasteiger partial charge in [0.15, 0.2) is 8.24 Å². The van der Waals surface area contributed by atoms with Crippen LogP contribution in [0, 0.1) is 5.41 Å². The van der Waals surface area contributed by atoms with E-state index < -0.39 is 18.2 Å². The van der Waals surface area contributed by atoms with Crippen molar-refractivity contribution in [1.29, 1.82) is 5.41 Å². The van der Waals surface area contributed by atoms with Crippen LogP contribution in [-0.4, -0.2) is 18.7 Å². The lowest BCUT2D eigenvalue weighted by atomic mass is 10.2. The Morgan fingerprint density at radius 1 is 1.41 bits per heavy atom. The summed E-state index contributed by atoms with van der Waals surface area (Å²) in [5, 5.41) is 12.8. The fourth-order valence-electron chi connectivity index (χ4n) is 0.827. The average molecular weight is 276 g/mol. The van der Waals surface area contributed by atoms with E-state index in [1.807, 2.05) is 13.1 Å². The first-order chi connectivity index (χ1) is 7.35. The maximum absolute atomic E-state index is 12.3. The average Bonchev–Trinajstić information content (AvgIpc) is 2.12. The van der Waals surface area contributed by atoms with Crippen LogP contribution in [0.1, 0.15) is 27.7 Å². The van der Waals surface area contributed by atoms with Gasteiger partial charge in [-0.3, -0.25) is 4.03 Å². The SMILES string of the molecule is CC(C=N)=C(N)S(N)(=O)=N[Si](C)(C)C(C)(C)C. The molecule has 0 aliphatic rings. The maximum Gasteiger partial charge on any atom is 0.195 e. The van der Waals surface area contributed by atoms with E-state index in [0.29, 0.717) is 5.57 Å². The minimum absolute atomic E-state index is 0.0114. The highest BCUT2D eigenvalue weighted by Crippen LogP contribution is 2.37. The smallest absolute Gasteiger partial charge is 0.195 e. The number of hydrogen-bond acceptors (Lipinski definition) is 4. The first-order valence-corrected chi connectivity index (χ1v) is 9.90. The zero-order valence-electron chi connectivity index (χ0n) is 11.5. The van der Waals surface area contributed by atoms with E-state index in [1.165, 1.54) is 0 Å². The van der Waals surface area contributed by atoms with Crippen LogP contribution in [0.3, 0.4) is 0 Å².